The number of carbonyl (C=O) groups excluding carboxylic acids is 2. The first-order valence-corrected chi connectivity index (χ1v) is 7.10. The molecule has 0 fully saturated rings. The first-order chi connectivity index (χ1) is 9.90. The highest BCUT2D eigenvalue weighted by Crippen LogP contribution is 2.12. The molecule has 0 aliphatic heterocycles. The van der Waals surface area contributed by atoms with E-state index in [-0.39, 0.29) is 17.7 Å². The minimum absolute atomic E-state index is 0.0219. The standard InChI is InChI=1S/C16H24N2O3/c1-6-18(4)16(20)14(11(2)3)17-15(19)12-7-9-13(21-5)10-8-12/h7-11,14H,6H2,1-5H3,(H,17,19). The number of hydrogen-bond acceptors (Lipinski definition) is 3. The van der Waals surface area contributed by atoms with E-state index >= 15 is 0 Å². The first-order valence-electron chi connectivity index (χ1n) is 7.10. The lowest BCUT2D eigenvalue weighted by Gasteiger charge is -2.26. The molecule has 0 aliphatic carbocycles. The molecule has 1 unspecified atom stereocenters. The Labute approximate surface area is 126 Å². The SMILES string of the molecule is CCN(C)C(=O)C(NC(=O)c1ccc(OC)cc1)C(C)C. The Morgan fingerprint density at radius 1 is 1.24 bits per heavy atom. The second-order valence-electron chi connectivity index (χ2n) is 5.28. The predicted octanol–water partition coefficient (Wildman–Crippen LogP) is 1.93. The Bertz CT molecular complexity index is 483. The fourth-order valence-electron chi connectivity index (χ4n) is 1.87. The second kappa shape index (κ2) is 7.67. The van der Waals surface area contributed by atoms with Gasteiger partial charge in [-0.2, -0.15) is 0 Å². The minimum atomic E-state index is -0.524. The molecule has 0 saturated heterocycles. The van der Waals surface area contributed by atoms with Crippen LogP contribution in [0.5, 0.6) is 5.75 Å². The fraction of sp³-hybridized carbons (Fsp3) is 0.500. The number of ether oxygens (including phenoxy) is 1. The van der Waals surface area contributed by atoms with Gasteiger partial charge in [-0.1, -0.05) is 13.8 Å². The number of nitrogens with one attached hydrogen (secondary N) is 1. The van der Waals surface area contributed by atoms with Gasteiger partial charge >= 0.3 is 0 Å². The number of benzene rings is 1. The van der Waals surface area contributed by atoms with Crippen LogP contribution in [0.1, 0.15) is 31.1 Å². The smallest absolute Gasteiger partial charge is 0.251 e. The highest BCUT2D eigenvalue weighted by Gasteiger charge is 2.26. The van der Waals surface area contributed by atoms with E-state index in [1.807, 2.05) is 20.8 Å². The van der Waals surface area contributed by atoms with Gasteiger partial charge in [-0.05, 0) is 37.1 Å². The highest BCUT2D eigenvalue weighted by molar-refractivity contribution is 5.97. The van der Waals surface area contributed by atoms with E-state index in [1.165, 1.54) is 0 Å². The molecule has 1 atom stereocenters. The lowest BCUT2D eigenvalue weighted by molar-refractivity contribution is -0.132. The summed E-state index contributed by atoms with van der Waals surface area (Å²) in [5, 5.41) is 2.81. The Morgan fingerprint density at radius 3 is 2.24 bits per heavy atom. The molecule has 116 valence electrons. The summed E-state index contributed by atoms with van der Waals surface area (Å²) in [7, 11) is 3.31. The van der Waals surface area contributed by atoms with Crippen molar-refractivity contribution in [2.75, 3.05) is 20.7 Å². The van der Waals surface area contributed by atoms with Crippen molar-refractivity contribution in [3.8, 4) is 5.75 Å². The topological polar surface area (TPSA) is 58.6 Å². The molecule has 0 heterocycles. The number of carbonyl (C=O) groups is 2. The van der Waals surface area contributed by atoms with Gasteiger partial charge in [0, 0.05) is 19.2 Å². The average Bonchev–Trinajstić information content (AvgIpc) is 2.50. The lowest BCUT2D eigenvalue weighted by Crippen LogP contribution is -2.50. The second-order valence-corrected chi connectivity index (χ2v) is 5.28. The van der Waals surface area contributed by atoms with Crippen LogP contribution in [-0.2, 0) is 4.79 Å². The molecule has 0 saturated carbocycles. The number of likely N-dealkylation sites (N-methyl/N-ethyl adjacent to an activating group) is 1. The zero-order valence-corrected chi connectivity index (χ0v) is 13.3. The first kappa shape index (κ1) is 17.0. The Kier molecular flexibility index (Phi) is 6.21. The van der Waals surface area contributed by atoms with Crippen LogP contribution in [0, 0.1) is 5.92 Å². The molecule has 1 rings (SSSR count). The van der Waals surface area contributed by atoms with Gasteiger partial charge in [0.05, 0.1) is 7.11 Å². The molecule has 0 bridgehead atoms. The van der Waals surface area contributed by atoms with Crippen LogP contribution in [0.2, 0.25) is 0 Å². The van der Waals surface area contributed by atoms with Crippen LogP contribution in [0.25, 0.3) is 0 Å². The highest BCUT2D eigenvalue weighted by atomic mass is 16.5. The normalized spacial score (nSPS) is 11.9. The third-order valence-corrected chi connectivity index (χ3v) is 3.42. The molecule has 5 nitrogen and oxygen atoms in total. The maximum absolute atomic E-state index is 12.3. The molecule has 1 N–H and O–H groups in total. The third kappa shape index (κ3) is 4.48. The molecule has 0 aliphatic rings. The summed E-state index contributed by atoms with van der Waals surface area (Å²) in [6.45, 7) is 6.35. The number of methoxy groups -OCH3 is 1. The van der Waals surface area contributed by atoms with E-state index in [2.05, 4.69) is 5.32 Å². The van der Waals surface area contributed by atoms with Crippen LogP contribution in [0.15, 0.2) is 24.3 Å². The van der Waals surface area contributed by atoms with Crippen LogP contribution in [0.3, 0.4) is 0 Å². The summed E-state index contributed by atoms with van der Waals surface area (Å²) in [4.78, 5) is 26.1. The van der Waals surface area contributed by atoms with Gasteiger partial charge in [0.2, 0.25) is 5.91 Å². The van der Waals surface area contributed by atoms with Crippen molar-refractivity contribution >= 4 is 11.8 Å². The molecular formula is C16H24N2O3. The van der Waals surface area contributed by atoms with Crippen LogP contribution in [-0.4, -0.2) is 43.5 Å². The van der Waals surface area contributed by atoms with Gasteiger partial charge in [0.1, 0.15) is 11.8 Å². The molecule has 1 aromatic rings. The van der Waals surface area contributed by atoms with E-state index in [0.717, 1.165) is 0 Å². The molecule has 0 aromatic heterocycles. The summed E-state index contributed by atoms with van der Waals surface area (Å²) in [6, 6.07) is 6.28. The molecule has 21 heavy (non-hydrogen) atoms. The Balaban J connectivity index is 2.83. The van der Waals surface area contributed by atoms with Crippen LogP contribution >= 0.6 is 0 Å². The molecular weight excluding hydrogens is 268 g/mol. The zero-order valence-electron chi connectivity index (χ0n) is 13.3. The quantitative estimate of drug-likeness (QED) is 0.871. The van der Waals surface area contributed by atoms with Crippen molar-refractivity contribution in [3.63, 3.8) is 0 Å². The maximum atomic E-state index is 12.3. The predicted molar refractivity (Wildman–Crippen MR) is 82.4 cm³/mol. The summed E-state index contributed by atoms with van der Waals surface area (Å²) < 4.78 is 5.06. The van der Waals surface area contributed by atoms with E-state index in [4.69, 9.17) is 4.74 Å². The third-order valence-electron chi connectivity index (χ3n) is 3.42. The zero-order chi connectivity index (χ0) is 16.0. The summed E-state index contributed by atoms with van der Waals surface area (Å²) >= 11 is 0. The number of rotatable bonds is 6. The van der Waals surface area contributed by atoms with Crippen LogP contribution < -0.4 is 10.1 Å². The number of nitrogens with zero attached hydrogens (tertiary/aromatic N) is 1. The van der Waals surface area contributed by atoms with E-state index in [1.54, 1.807) is 43.3 Å². The van der Waals surface area contributed by atoms with Gasteiger partial charge in [0.15, 0.2) is 0 Å². The average molecular weight is 292 g/mol. The van der Waals surface area contributed by atoms with Crippen molar-refractivity contribution < 1.29 is 14.3 Å². The summed E-state index contributed by atoms with van der Waals surface area (Å²) in [6.07, 6.45) is 0. The minimum Gasteiger partial charge on any atom is -0.497 e. The van der Waals surface area contributed by atoms with Gasteiger partial charge in [-0.25, -0.2) is 0 Å². The lowest BCUT2D eigenvalue weighted by atomic mass is 10.0. The van der Waals surface area contributed by atoms with Crippen molar-refractivity contribution in [1.29, 1.82) is 0 Å². The van der Waals surface area contributed by atoms with Crippen molar-refractivity contribution in [2.24, 2.45) is 5.92 Å². The Hall–Kier alpha value is -2.04. The fourth-order valence-corrected chi connectivity index (χ4v) is 1.87. The maximum Gasteiger partial charge on any atom is 0.251 e. The largest absolute Gasteiger partial charge is 0.497 e. The summed E-state index contributed by atoms with van der Waals surface area (Å²) in [5.74, 6) is 0.381. The number of hydrogen-bond donors (Lipinski definition) is 1. The summed E-state index contributed by atoms with van der Waals surface area (Å²) in [5.41, 5.74) is 0.508. The monoisotopic (exact) mass is 292 g/mol. The molecule has 5 heteroatoms. The number of amides is 2. The van der Waals surface area contributed by atoms with E-state index in [9.17, 15) is 9.59 Å². The van der Waals surface area contributed by atoms with Gasteiger partial charge in [-0.15, -0.1) is 0 Å². The molecule has 1 aromatic carbocycles. The van der Waals surface area contributed by atoms with Crippen molar-refractivity contribution in [1.82, 2.24) is 10.2 Å². The molecule has 2 amide bonds. The Morgan fingerprint density at radius 2 is 1.81 bits per heavy atom. The van der Waals surface area contributed by atoms with Gasteiger partial charge in [0.25, 0.3) is 5.91 Å². The van der Waals surface area contributed by atoms with Crippen molar-refractivity contribution in [2.45, 2.75) is 26.8 Å². The van der Waals surface area contributed by atoms with E-state index < -0.39 is 6.04 Å². The molecule has 0 radical (unpaired) electrons. The van der Waals surface area contributed by atoms with Crippen molar-refractivity contribution in [3.05, 3.63) is 29.8 Å². The van der Waals surface area contributed by atoms with Gasteiger partial charge in [-0.3, -0.25) is 9.59 Å². The van der Waals surface area contributed by atoms with Crippen LogP contribution in [0.4, 0.5) is 0 Å². The van der Waals surface area contributed by atoms with E-state index in [0.29, 0.717) is 17.9 Å². The molecule has 0 spiro atoms. The van der Waals surface area contributed by atoms with Gasteiger partial charge < -0.3 is 15.0 Å².